The maximum atomic E-state index is 12.5. The molecule has 0 saturated carbocycles. The summed E-state index contributed by atoms with van der Waals surface area (Å²) in [5.74, 6) is -0.0749. The molecule has 158 valence electrons. The zero-order valence-electron chi connectivity index (χ0n) is 16.5. The molecule has 0 spiro atoms. The highest BCUT2D eigenvalue weighted by Gasteiger charge is 2.19. The van der Waals surface area contributed by atoms with Crippen molar-refractivity contribution in [3.63, 3.8) is 0 Å². The first-order valence-corrected chi connectivity index (χ1v) is 10.4. The monoisotopic (exact) mass is 432 g/mol. The Morgan fingerprint density at radius 1 is 1.07 bits per heavy atom. The topological polar surface area (TPSA) is 161 Å². The van der Waals surface area contributed by atoms with E-state index < -0.39 is 18.9 Å². The van der Waals surface area contributed by atoms with Crippen molar-refractivity contribution in [3.05, 3.63) is 78.9 Å². The van der Waals surface area contributed by atoms with Crippen LogP contribution in [0.2, 0.25) is 0 Å². The number of rotatable bonds is 4. The van der Waals surface area contributed by atoms with Crippen molar-refractivity contribution in [1.82, 2.24) is 19.9 Å². The molecule has 0 saturated heterocycles. The maximum absolute atomic E-state index is 12.5. The van der Waals surface area contributed by atoms with Gasteiger partial charge in [0.25, 0.3) is 11.1 Å². The molecule has 1 aromatic carbocycles. The van der Waals surface area contributed by atoms with Gasteiger partial charge in [0.05, 0.1) is 12.0 Å². The molecular weight excluding hydrogens is 411 g/mol. The zero-order valence-corrected chi connectivity index (χ0v) is 17.4. The molecule has 2 heterocycles. The van der Waals surface area contributed by atoms with Crippen LogP contribution in [0.15, 0.2) is 40.2 Å². The number of aromatic nitrogens is 4. The molecule has 0 aliphatic carbocycles. The first-order chi connectivity index (χ1) is 13.9. The smallest absolute Gasteiger partial charge is 0.404 e. The van der Waals surface area contributed by atoms with Gasteiger partial charge in [-0.25, -0.2) is 9.55 Å². The second-order valence-electron chi connectivity index (χ2n) is 7.59. The molecule has 0 fully saturated rings. The van der Waals surface area contributed by atoms with Crippen molar-refractivity contribution < 1.29 is 18.9 Å². The summed E-state index contributed by atoms with van der Waals surface area (Å²) in [6.45, 7) is 5.98. The van der Waals surface area contributed by atoms with E-state index in [1.807, 2.05) is 20.8 Å². The van der Waals surface area contributed by atoms with Gasteiger partial charge < -0.3 is 19.5 Å². The maximum Gasteiger partial charge on any atom is 0.524 e. The van der Waals surface area contributed by atoms with Gasteiger partial charge >= 0.3 is 7.82 Å². The van der Waals surface area contributed by atoms with Crippen molar-refractivity contribution in [2.24, 2.45) is 0 Å². The minimum atomic E-state index is -4.71. The predicted octanol–water partition coefficient (Wildman–Crippen LogP) is 0.213. The fraction of sp³-hybridized carbons (Fsp3) is 0.211. The number of H-pyrrole nitrogens is 3. The van der Waals surface area contributed by atoms with Crippen LogP contribution in [0.25, 0.3) is 12.2 Å². The molecule has 30 heavy (non-hydrogen) atoms. The van der Waals surface area contributed by atoms with Gasteiger partial charge in [-0.15, -0.1) is 0 Å². The third kappa shape index (κ3) is 5.24. The molecule has 0 aliphatic heterocycles. The molecule has 0 radical (unpaired) electrons. The normalized spacial score (nSPS) is 13.6. The summed E-state index contributed by atoms with van der Waals surface area (Å²) < 4.78 is 15.5. The minimum Gasteiger partial charge on any atom is -0.404 e. The van der Waals surface area contributed by atoms with E-state index >= 15 is 0 Å². The second kappa shape index (κ2) is 7.91. The molecule has 0 aliphatic rings. The Hall–Kier alpha value is -3.20. The number of nitrogens with zero attached hydrogens (tertiary/aromatic N) is 1. The summed E-state index contributed by atoms with van der Waals surface area (Å²) in [4.78, 5) is 55.1. The van der Waals surface area contributed by atoms with Crippen LogP contribution in [0.4, 0.5) is 0 Å². The van der Waals surface area contributed by atoms with Gasteiger partial charge in [-0.1, -0.05) is 32.9 Å². The van der Waals surface area contributed by atoms with Crippen molar-refractivity contribution >= 4 is 20.0 Å². The van der Waals surface area contributed by atoms with Crippen LogP contribution in [-0.2, 0) is 9.98 Å². The molecule has 2 aromatic heterocycles. The van der Waals surface area contributed by atoms with Gasteiger partial charge in [0, 0.05) is 11.1 Å². The quantitative estimate of drug-likeness (QED) is 0.368. The number of phosphoric acid groups is 1. The Kier molecular flexibility index (Phi) is 5.67. The van der Waals surface area contributed by atoms with Crippen LogP contribution in [0, 0.1) is 0 Å². The van der Waals surface area contributed by atoms with Crippen molar-refractivity contribution in [2.45, 2.75) is 26.2 Å². The highest BCUT2D eigenvalue weighted by molar-refractivity contribution is 7.46. The van der Waals surface area contributed by atoms with E-state index in [1.54, 1.807) is 6.07 Å². The van der Waals surface area contributed by atoms with E-state index in [1.165, 1.54) is 36.7 Å². The fourth-order valence-corrected chi connectivity index (χ4v) is 3.20. The number of nitrogens with one attached hydrogen (secondary N) is 3. The third-order valence-electron chi connectivity index (χ3n) is 4.08. The minimum absolute atomic E-state index is 0.0245. The van der Waals surface area contributed by atoms with E-state index in [0.717, 1.165) is 5.69 Å². The van der Waals surface area contributed by atoms with Crippen LogP contribution >= 0.6 is 7.82 Å². The van der Waals surface area contributed by atoms with Gasteiger partial charge in [0.1, 0.15) is 16.4 Å². The summed E-state index contributed by atoms with van der Waals surface area (Å²) in [7, 11) is -4.71. The molecule has 0 atom stereocenters. The van der Waals surface area contributed by atoms with Gasteiger partial charge in [0.15, 0.2) is 0 Å². The number of hydrogen-bond acceptors (Lipinski definition) is 5. The number of aromatic amines is 3. The molecule has 3 rings (SSSR count). The van der Waals surface area contributed by atoms with Crippen LogP contribution in [0.5, 0.6) is 5.75 Å². The van der Waals surface area contributed by atoms with Crippen LogP contribution in [0.3, 0.4) is 0 Å². The van der Waals surface area contributed by atoms with Crippen molar-refractivity contribution in [1.29, 1.82) is 0 Å². The zero-order chi connectivity index (χ0) is 22.1. The van der Waals surface area contributed by atoms with Crippen LogP contribution in [0.1, 0.15) is 37.7 Å². The average molecular weight is 432 g/mol. The molecule has 0 amide bonds. The SMILES string of the molecule is CC(C)(C)c1[nH]cnc1/C=c1\[nH]c(=O)/c(=C/c2cccc(OP(=O)(O)O)c2)[nH]c1=O. The molecule has 0 unspecified atom stereocenters. The molecule has 11 heteroatoms. The molecule has 3 aromatic rings. The highest BCUT2D eigenvalue weighted by Crippen LogP contribution is 2.37. The Labute approximate surface area is 170 Å². The lowest BCUT2D eigenvalue weighted by atomic mass is 9.90. The summed E-state index contributed by atoms with van der Waals surface area (Å²) in [6, 6.07) is 5.77. The summed E-state index contributed by atoms with van der Waals surface area (Å²) in [5.41, 5.74) is 0.467. The standard InChI is InChI=1S/C19H21N4O6P/c1-19(2,3)16-13(20-10-21-16)9-15-18(25)22-14(17(24)23-15)8-11-5-4-6-12(7-11)29-30(26,27)28/h4-10H,1-3H3,(H,20,21)(H,22,25)(H,23,24)(H2,26,27,28)/b14-8-,15-9-. The van der Waals surface area contributed by atoms with Crippen molar-refractivity contribution in [2.75, 3.05) is 0 Å². The van der Waals surface area contributed by atoms with Gasteiger partial charge in [-0.05, 0) is 29.8 Å². The summed E-state index contributed by atoms with van der Waals surface area (Å²) >= 11 is 0. The van der Waals surface area contributed by atoms with E-state index in [9.17, 15) is 14.2 Å². The Bertz CT molecular complexity index is 1360. The van der Waals surface area contributed by atoms with Crippen LogP contribution < -0.4 is 26.3 Å². The van der Waals surface area contributed by atoms with E-state index in [4.69, 9.17) is 9.79 Å². The molecule has 5 N–H and O–H groups in total. The first-order valence-electron chi connectivity index (χ1n) is 8.87. The Balaban J connectivity index is 2.06. The average Bonchev–Trinajstić information content (AvgIpc) is 3.07. The van der Waals surface area contributed by atoms with Gasteiger partial charge in [-0.2, -0.15) is 0 Å². The van der Waals surface area contributed by atoms with Crippen LogP contribution in [-0.4, -0.2) is 29.7 Å². The fourth-order valence-electron chi connectivity index (χ4n) is 2.81. The largest absolute Gasteiger partial charge is 0.524 e. The predicted molar refractivity (Wildman–Crippen MR) is 110 cm³/mol. The number of hydrogen-bond donors (Lipinski definition) is 5. The lowest BCUT2D eigenvalue weighted by molar-refractivity contribution is 0.283. The Morgan fingerprint density at radius 3 is 2.30 bits per heavy atom. The Morgan fingerprint density at radius 2 is 1.70 bits per heavy atom. The number of imidazole rings is 1. The van der Waals surface area contributed by atoms with Crippen molar-refractivity contribution in [3.8, 4) is 5.75 Å². The van der Waals surface area contributed by atoms with Gasteiger partial charge in [-0.3, -0.25) is 19.4 Å². The molecular formula is C19H21N4O6P. The van der Waals surface area contributed by atoms with Gasteiger partial charge in [0.2, 0.25) is 0 Å². The number of benzene rings is 1. The van der Waals surface area contributed by atoms with E-state index in [0.29, 0.717) is 11.3 Å². The third-order valence-corrected chi connectivity index (χ3v) is 4.53. The summed E-state index contributed by atoms with van der Waals surface area (Å²) in [5, 5.41) is 0.0249. The highest BCUT2D eigenvalue weighted by atomic mass is 31.2. The lowest BCUT2D eigenvalue weighted by Crippen LogP contribution is -2.46. The first kappa shape index (κ1) is 21.5. The lowest BCUT2D eigenvalue weighted by Gasteiger charge is -2.16. The summed E-state index contributed by atoms with van der Waals surface area (Å²) in [6.07, 6.45) is 4.38. The van der Waals surface area contributed by atoms with E-state index in [2.05, 4.69) is 24.5 Å². The second-order valence-corrected chi connectivity index (χ2v) is 8.76. The molecule has 0 bridgehead atoms. The molecule has 10 nitrogen and oxygen atoms in total. The van der Waals surface area contributed by atoms with E-state index in [-0.39, 0.29) is 21.9 Å². The number of phosphoric ester groups is 1.